The fourth-order valence-electron chi connectivity index (χ4n) is 3.96. The van der Waals surface area contributed by atoms with Crippen LogP contribution in [0.25, 0.3) is 0 Å². The number of para-hydroxylation sites is 1. The van der Waals surface area contributed by atoms with Gasteiger partial charge in [-0.3, -0.25) is 4.79 Å². The highest BCUT2D eigenvalue weighted by atomic mass is 19.1. The van der Waals surface area contributed by atoms with Crippen molar-refractivity contribution < 1.29 is 18.7 Å². The molecule has 1 saturated heterocycles. The second-order valence-electron chi connectivity index (χ2n) is 8.04. The van der Waals surface area contributed by atoms with Crippen LogP contribution in [-0.2, 0) is 11.3 Å². The molecule has 0 spiro atoms. The monoisotopic (exact) mass is 434 g/mol. The SMILES string of the molecule is CC1CN(c2ccc(NC(=O)c3ccccc3COc3ccccc3)cc2F)CC(C)O1. The smallest absolute Gasteiger partial charge is 0.256 e. The first kappa shape index (κ1) is 21.8. The maximum Gasteiger partial charge on any atom is 0.256 e. The van der Waals surface area contributed by atoms with E-state index >= 15 is 0 Å². The molecule has 5 nitrogen and oxygen atoms in total. The highest BCUT2D eigenvalue weighted by molar-refractivity contribution is 6.05. The van der Waals surface area contributed by atoms with E-state index in [1.807, 2.05) is 61.2 Å². The zero-order valence-electron chi connectivity index (χ0n) is 18.3. The molecule has 3 aromatic rings. The Hall–Kier alpha value is -3.38. The maximum absolute atomic E-state index is 14.9. The van der Waals surface area contributed by atoms with E-state index in [1.165, 1.54) is 6.07 Å². The zero-order chi connectivity index (χ0) is 22.5. The molecule has 1 aliphatic heterocycles. The lowest BCUT2D eigenvalue weighted by atomic mass is 10.1. The van der Waals surface area contributed by atoms with Gasteiger partial charge in [0.2, 0.25) is 0 Å². The third kappa shape index (κ3) is 5.26. The van der Waals surface area contributed by atoms with E-state index < -0.39 is 0 Å². The first-order valence-corrected chi connectivity index (χ1v) is 10.8. The third-order valence-electron chi connectivity index (χ3n) is 5.37. The van der Waals surface area contributed by atoms with E-state index in [0.717, 1.165) is 11.3 Å². The number of hydrogen-bond acceptors (Lipinski definition) is 4. The largest absolute Gasteiger partial charge is 0.489 e. The summed E-state index contributed by atoms with van der Waals surface area (Å²) in [7, 11) is 0. The van der Waals surface area contributed by atoms with Gasteiger partial charge < -0.3 is 19.7 Å². The molecule has 1 amide bonds. The highest BCUT2D eigenvalue weighted by Gasteiger charge is 2.24. The predicted octanol–water partition coefficient (Wildman–Crippen LogP) is 5.27. The van der Waals surface area contributed by atoms with E-state index in [9.17, 15) is 9.18 Å². The van der Waals surface area contributed by atoms with Crippen LogP contribution in [0.3, 0.4) is 0 Å². The number of morpholine rings is 1. The van der Waals surface area contributed by atoms with Gasteiger partial charge in [0.05, 0.1) is 17.9 Å². The van der Waals surface area contributed by atoms with Gasteiger partial charge in [-0.1, -0.05) is 36.4 Å². The first-order chi connectivity index (χ1) is 15.5. The van der Waals surface area contributed by atoms with Gasteiger partial charge in [0.1, 0.15) is 18.2 Å². The number of carbonyl (C=O) groups is 1. The summed E-state index contributed by atoms with van der Waals surface area (Å²) in [6.45, 7) is 5.47. The molecule has 0 aromatic heterocycles. The Morgan fingerprint density at radius 2 is 1.72 bits per heavy atom. The average molecular weight is 435 g/mol. The van der Waals surface area contributed by atoms with Crippen LogP contribution in [0.4, 0.5) is 15.8 Å². The molecule has 166 valence electrons. The van der Waals surface area contributed by atoms with Gasteiger partial charge in [-0.2, -0.15) is 0 Å². The van der Waals surface area contributed by atoms with Crippen LogP contribution < -0.4 is 15.0 Å². The molecule has 1 heterocycles. The fraction of sp³-hybridized carbons (Fsp3) is 0.269. The number of amides is 1. The summed E-state index contributed by atoms with van der Waals surface area (Å²) in [5.74, 6) is 0.0509. The minimum Gasteiger partial charge on any atom is -0.489 e. The Morgan fingerprint density at radius 1 is 1.03 bits per heavy atom. The van der Waals surface area contributed by atoms with Crippen LogP contribution in [0.2, 0.25) is 0 Å². The van der Waals surface area contributed by atoms with Gasteiger partial charge in [0, 0.05) is 29.9 Å². The molecule has 4 rings (SSSR count). The van der Waals surface area contributed by atoms with Crippen LogP contribution in [0.5, 0.6) is 5.75 Å². The van der Waals surface area contributed by atoms with Gasteiger partial charge in [0.15, 0.2) is 0 Å². The van der Waals surface area contributed by atoms with Gasteiger partial charge in [-0.05, 0) is 50.2 Å². The van der Waals surface area contributed by atoms with Crippen LogP contribution >= 0.6 is 0 Å². The number of nitrogens with zero attached hydrogens (tertiary/aromatic N) is 1. The normalized spacial score (nSPS) is 18.3. The molecule has 1 fully saturated rings. The van der Waals surface area contributed by atoms with E-state index in [0.29, 0.717) is 30.0 Å². The molecule has 3 aromatic carbocycles. The number of benzene rings is 3. The van der Waals surface area contributed by atoms with Crippen molar-refractivity contribution in [3.63, 3.8) is 0 Å². The van der Waals surface area contributed by atoms with Crippen LogP contribution in [0, 0.1) is 5.82 Å². The Morgan fingerprint density at radius 3 is 2.44 bits per heavy atom. The van der Waals surface area contributed by atoms with Crippen molar-refractivity contribution in [2.45, 2.75) is 32.7 Å². The lowest BCUT2D eigenvalue weighted by Gasteiger charge is -2.37. The maximum atomic E-state index is 14.9. The Balaban J connectivity index is 1.46. The van der Waals surface area contributed by atoms with Gasteiger partial charge in [-0.25, -0.2) is 4.39 Å². The molecule has 1 N–H and O–H groups in total. The molecular formula is C26H27FN2O3. The summed E-state index contributed by atoms with van der Waals surface area (Å²) in [6, 6.07) is 21.5. The first-order valence-electron chi connectivity index (χ1n) is 10.8. The molecule has 1 aliphatic rings. The third-order valence-corrected chi connectivity index (χ3v) is 5.37. The van der Waals surface area contributed by atoms with Crippen molar-refractivity contribution in [1.29, 1.82) is 0 Å². The van der Waals surface area contributed by atoms with E-state index in [1.54, 1.807) is 24.3 Å². The number of carbonyl (C=O) groups excluding carboxylic acids is 1. The average Bonchev–Trinajstić information content (AvgIpc) is 2.78. The van der Waals surface area contributed by atoms with Crippen LogP contribution in [0.1, 0.15) is 29.8 Å². The Bertz CT molecular complexity index is 1060. The van der Waals surface area contributed by atoms with Crippen molar-refractivity contribution >= 4 is 17.3 Å². The van der Waals surface area contributed by atoms with Crippen molar-refractivity contribution in [1.82, 2.24) is 0 Å². The molecule has 2 atom stereocenters. The minimum atomic E-state index is -0.371. The highest BCUT2D eigenvalue weighted by Crippen LogP contribution is 2.26. The summed E-state index contributed by atoms with van der Waals surface area (Å²) < 4.78 is 26.4. The second kappa shape index (κ2) is 9.83. The molecule has 0 saturated carbocycles. The van der Waals surface area contributed by atoms with Crippen molar-refractivity contribution in [2.24, 2.45) is 0 Å². The quantitative estimate of drug-likeness (QED) is 0.574. The van der Waals surface area contributed by atoms with Crippen LogP contribution in [-0.4, -0.2) is 31.2 Å². The summed E-state index contributed by atoms with van der Waals surface area (Å²) in [5, 5.41) is 2.81. The molecule has 6 heteroatoms. The number of ether oxygens (including phenoxy) is 2. The molecule has 0 radical (unpaired) electrons. The van der Waals surface area contributed by atoms with E-state index in [4.69, 9.17) is 9.47 Å². The lowest BCUT2D eigenvalue weighted by Crippen LogP contribution is -2.45. The number of anilines is 2. The van der Waals surface area contributed by atoms with Crippen molar-refractivity contribution in [3.05, 3.63) is 89.7 Å². The second-order valence-corrected chi connectivity index (χ2v) is 8.04. The zero-order valence-corrected chi connectivity index (χ0v) is 18.3. The molecule has 0 aliphatic carbocycles. The number of halogens is 1. The standard InChI is InChI=1S/C26H27FN2O3/c1-18-15-29(16-19(2)32-18)25-13-12-21(14-24(25)27)28-26(30)23-11-7-6-8-20(23)17-31-22-9-4-3-5-10-22/h3-14,18-19H,15-17H2,1-2H3,(H,28,30). The number of nitrogens with one attached hydrogen (secondary N) is 1. The Kier molecular flexibility index (Phi) is 6.71. The Labute approximate surface area is 187 Å². The van der Waals surface area contributed by atoms with Crippen molar-refractivity contribution in [3.8, 4) is 5.75 Å². The van der Waals surface area contributed by atoms with Crippen LogP contribution in [0.15, 0.2) is 72.8 Å². The fourth-order valence-corrected chi connectivity index (χ4v) is 3.96. The minimum absolute atomic E-state index is 0.0344. The lowest BCUT2D eigenvalue weighted by molar-refractivity contribution is -0.00539. The topological polar surface area (TPSA) is 50.8 Å². The number of hydrogen-bond donors (Lipinski definition) is 1. The summed E-state index contributed by atoms with van der Waals surface area (Å²) in [6.07, 6.45) is 0.0688. The van der Waals surface area contributed by atoms with Gasteiger partial charge in [-0.15, -0.1) is 0 Å². The van der Waals surface area contributed by atoms with E-state index in [-0.39, 0.29) is 30.5 Å². The summed E-state index contributed by atoms with van der Waals surface area (Å²) in [4.78, 5) is 14.9. The molecule has 32 heavy (non-hydrogen) atoms. The molecule has 2 unspecified atom stereocenters. The number of rotatable bonds is 6. The summed E-state index contributed by atoms with van der Waals surface area (Å²) in [5.41, 5.74) is 2.16. The predicted molar refractivity (Wildman–Crippen MR) is 124 cm³/mol. The van der Waals surface area contributed by atoms with Crippen molar-refractivity contribution in [2.75, 3.05) is 23.3 Å². The van der Waals surface area contributed by atoms with Gasteiger partial charge >= 0.3 is 0 Å². The molecular weight excluding hydrogens is 407 g/mol. The van der Waals surface area contributed by atoms with Gasteiger partial charge in [0.25, 0.3) is 5.91 Å². The summed E-state index contributed by atoms with van der Waals surface area (Å²) >= 11 is 0. The van der Waals surface area contributed by atoms with E-state index in [2.05, 4.69) is 5.32 Å². The molecule has 0 bridgehead atoms.